The van der Waals surface area contributed by atoms with Crippen molar-refractivity contribution in [1.82, 2.24) is 4.98 Å². The van der Waals surface area contributed by atoms with Crippen molar-refractivity contribution in [1.29, 1.82) is 0 Å². The maximum atomic E-state index is 10.4. The highest BCUT2D eigenvalue weighted by Gasteiger charge is 2.11. The van der Waals surface area contributed by atoms with Gasteiger partial charge < -0.3 is 13.9 Å². The van der Waals surface area contributed by atoms with E-state index in [1.807, 2.05) is 61.5 Å². The fourth-order valence-electron chi connectivity index (χ4n) is 2.61. The fourth-order valence-corrected chi connectivity index (χ4v) is 2.61. The van der Waals surface area contributed by atoms with Crippen LogP contribution in [0.3, 0.4) is 0 Å². The fraction of sp³-hybridized carbons (Fsp3) is 0.238. The molecule has 0 aliphatic rings. The molecule has 0 bridgehead atoms. The SMILES string of the molecule is Cc1oc(-c2ccccc2)nc1CCOc1ccc(CCC=O)cc1. The van der Waals surface area contributed by atoms with Gasteiger partial charge in [0.2, 0.25) is 5.89 Å². The highest BCUT2D eigenvalue weighted by atomic mass is 16.5. The third-order valence-corrected chi connectivity index (χ3v) is 4.00. The Morgan fingerprint density at radius 2 is 1.80 bits per heavy atom. The van der Waals surface area contributed by atoms with Crippen LogP contribution in [-0.4, -0.2) is 17.9 Å². The number of aromatic nitrogens is 1. The molecule has 0 fully saturated rings. The van der Waals surface area contributed by atoms with E-state index in [9.17, 15) is 4.79 Å². The Hall–Kier alpha value is -2.88. The van der Waals surface area contributed by atoms with Crippen LogP contribution in [0.1, 0.15) is 23.4 Å². The molecule has 3 aromatic rings. The second-order valence-electron chi connectivity index (χ2n) is 5.84. The Kier molecular flexibility index (Phi) is 5.62. The zero-order valence-electron chi connectivity index (χ0n) is 14.3. The molecule has 0 saturated heterocycles. The molecule has 2 aromatic carbocycles. The molecule has 0 amide bonds. The predicted octanol–water partition coefficient (Wildman–Crippen LogP) is 4.40. The van der Waals surface area contributed by atoms with Crippen LogP contribution in [0.25, 0.3) is 11.5 Å². The summed E-state index contributed by atoms with van der Waals surface area (Å²) in [6.45, 7) is 2.46. The van der Waals surface area contributed by atoms with Gasteiger partial charge in [-0.25, -0.2) is 4.98 Å². The summed E-state index contributed by atoms with van der Waals surface area (Å²) in [5.74, 6) is 2.29. The summed E-state index contributed by atoms with van der Waals surface area (Å²) >= 11 is 0. The lowest BCUT2D eigenvalue weighted by molar-refractivity contribution is -0.107. The maximum Gasteiger partial charge on any atom is 0.226 e. The van der Waals surface area contributed by atoms with Gasteiger partial charge in [0.15, 0.2) is 0 Å². The average Bonchev–Trinajstić information content (AvgIpc) is 3.03. The Bertz CT molecular complexity index is 807. The molecule has 0 spiro atoms. The van der Waals surface area contributed by atoms with Gasteiger partial charge in [0, 0.05) is 18.4 Å². The minimum absolute atomic E-state index is 0.537. The number of hydrogen-bond donors (Lipinski definition) is 0. The van der Waals surface area contributed by atoms with Crippen LogP contribution in [0, 0.1) is 6.92 Å². The van der Waals surface area contributed by atoms with E-state index in [0.29, 0.717) is 25.3 Å². The number of carbonyl (C=O) groups excluding carboxylic acids is 1. The Balaban J connectivity index is 1.55. The number of oxazole rings is 1. The van der Waals surface area contributed by atoms with Gasteiger partial charge in [0.25, 0.3) is 0 Å². The molecule has 25 heavy (non-hydrogen) atoms. The molecule has 0 atom stereocenters. The van der Waals surface area contributed by atoms with Crippen molar-refractivity contribution < 1.29 is 13.9 Å². The number of rotatable bonds is 8. The van der Waals surface area contributed by atoms with E-state index in [-0.39, 0.29) is 0 Å². The van der Waals surface area contributed by atoms with Crippen LogP contribution in [-0.2, 0) is 17.6 Å². The Labute approximate surface area is 147 Å². The van der Waals surface area contributed by atoms with Crippen LogP contribution in [0.5, 0.6) is 5.75 Å². The van der Waals surface area contributed by atoms with Crippen molar-refractivity contribution in [3.63, 3.8) is 0 Å². The molecular weight excluding hydrogens is 314 g/mol. The summed E-state index contributed by atoms with van der Waals surface area (Å²) < 4.78 is 11.5. The molecule has 1 heterocycles. The molecule has 0 aliphatic carbocycles. The standard InChI is InChI=1S/C21H21NO3/c1-16-20(22-21(25-16)18-7-3-2-4-8-18)13-15-24-19-11-9-17(10-12-19)6-5-14-23/h2-4,7-12,14H,5-6,13,15H2,1H3. The summed E-state index contributed by atoms with van der Waals surface area (Å²) in [6, 6.07) is 17.7. The molecule has 0 saturated carbocycles. The third kappa shape index (κ3) is 4.57. The first kappa shape index (κ1) is 17.0. The summed E-state index contributed by atoms with van der Waals surface area (Å²) in [4.78, 5) is 15.0. The minimum Gasteiger partial charge on any atom is -0.493 e. The Morgan fingerprint density at radius 3 is 2.52 bits per heavy atom. The molecule has 1 aromatic heterocycles. The smallest absolute Gasteiger partial charge is 0.226 e. The second kappa shape index (κ2) is 8.29. The number of carbonyl (C=O) groups is 1. The topological polar surface area (TPSA) is 52.3 Å². The van der Waals surface area contributed by atoms with Gasteiger partial charge in [-0.2, -0.15) is 0 Å². The van der Waals surface area contributed by atoms with E-state index in [1.54, 1.807) is 0 Å². The molecule has 0 N–H and O–H groups in total. The van der Waals surface area contributed by atoms with E-state index in [2.05, 4.69) is 4.98 Å². The first-order valence-corrected chi connectivity index (χ1v) is 8.43. The third-order valence-electron chi connectivity index (χ3n) is 4.00. The summed E-state index contributed by atoms with van der Waals surface area (Å²) in [7, 11) is 0. The van der Waals surface area contributed by atoms with Gasteiger partial charge in [-0.05, 0) is 43.2 Å². The highest BCUT2D eigenvalue weighted by Crippen LogP contribution is 2.22. The van der Waals surface area contributed by atoms with Crippen LogP contribution in [0.4, 0.5) is 0 Å². The summed E-state index contributed by atoms with van der Waals surface area (Å²) in [6.07, 6.45) is 2.95. The zero-order valence-corrected chi connectivity index (χ0v) is 14.3. The number of aldehydes is 1. The molecule has 4 nitrogen and oxygen atoms in total. The van der Waals surface area contributed by atoms with Crippen molar-refractivity contribution in [2.75, 3.05) is 6.61 Å². The van der Waals surface area contributed by atoms with Crippen LogP contribution < -0.4 is 4.74 Å². The zero-order chi connectivity index (χ0) is 17.5. The van der Waals surface area contributed by atoms with E-state index in [1.165, 1.54) is 0 Å². The second-order valence-corrected chi connectivity index (χ2v) is 5.84. The lowest BCUT2D eigenvalue weighted by Gasteiger charge is -2.06. The molecule has 3 rings (SSSR count). The van der Waals surface area contributed by atoms with E-state index < -0.39 is 0 Å². The lowest BCUT2D eigenvalue weighted by atomic mass is 10.1. The van der Waals surface area contributed by atoms with E-state index >= 15 is 0 Å². The average molecular weight is 335 g/mol. The van der Waals surface area contributed by atoms with Gasteiger partial charge in [0.05, 0.1) is 12.3 Å². The van der Waals surface area contributed by atoms with Gasteiger partial charge in [0.1, 0.15) is 17.8 Å². The minimum atomic E-state index is 0.537. The summed E-state index contributed by atoms with van der Waals surface area (Å²) in [5.41, 5.74) is 3.03. The summed E-state index contributed by atoms with van der Waals surface area (Å²) in [5, 5.41) is 0. The van der Waals surface area contributed by atoms with Crippen molar-refractivity contribution in [3.05, 3.63) is 71.6 Å². The largest absolute Gasteiger partial charge is 0.493 e. The molecule has 4 heteroatoms. The monoisotopic (exact) mass is 335 g/mol. The lowest BCUT2D eigenvalue weighted by Crippen LogP contribution is -2.02. The van der Waals surface area contributed by atoms with E-state index in [4.69, 9.17) is 9.15 Å². The van der Waals surface area contributed by atoms with Crippen LogP contribution in [0.15, 0.2) is 59.0 Å². The molecule has 0 aliphatic heterocycles. The number of hydrogen-bond acceptors (Lipinski definition) is 4. The van der Waals surface area contributed by atoms with Crippen LogP contribution in [0.2, 0.25) is 0 Å². The van der Waals surface area contributed by atoms with Gasteiger partial charge >= 0.3 is 0 Å². The van der Waals surface area contributed by atoms with Crippen LogP contribution >= 0.6 is 0 Å². The van der Waals surface area contributed by atoms with Crippen molar-refractivity contribution in [2.24, 2.45) is 0 Å². The molecule has 128 valence electrons. The highest BCUT2D eigenvalue weighted by molar-refractivity contribution is 5.53. The first-order valence-electron chi connectivity index (χ1n) is 8.43. The van der Waals surface area contributed by atoms with Gasteiger partial charge in [-0.15, -0.1) is 0 Å². The van der Waals surface area contributed by atoms with Crippen molar-refractivity contribution >= 4 is 6.29 Å². The normalized spacial score (nSPS) is 10.6. The molecule has 0 unspecified atom stereocenters. The van der Waals surface area contributed by atoms with Gasteiger partial charge in [-0.3, -0.25) is 0 Å². The maximum absolute atomic E-state index is 10.4. The molecular formula is C21H21NO3. The quantitative estimate of drug-likeness (QED) is 0.572. The number of ether oxygens (including phenoxy) is 1. The number of benzene rings is 2. The van der Waals surface area contributed by atoms with E-state index in [0.717, 1.165) is 41.0 Å². The predicted molar refractivity (Wildman–Crippen MR) is 96.7 cm³/mol. The van der Waals surface area contributed by atoms with Crippen molar-refractivity contribution in [2.45, 2.75) is 26.2 Å². The number of aryl methyl sites for hydroxylation is 2. The number of nitrogens with zero attached hydrogens (tertiary/aromatic N) is 1. The van der Waals surface area contributed by atoms with Crippen molar-refractivity contribution in [3.8, 4) is 17.2 Å². The Morgan fingerprint density at radius 1 is 1.04 bits per heavy atom. The van der Waals surface area contributed by atoms with Gasteiger partial charge in [-0.1, -0.05) is 30.3 Å². The molecule has 0 radical (unpaired) electrons. The first-order chi connectivity index (χ1) is 12.3.